The van der Waals surface area contributed by atoms with Crippen molar-refractivity contribution in [1.29, 1.82) is 0 Å². The fourth-order valence-corrected chi connectivity index (χ4v) is 1.62. The number of ether oxygens (including phenoxy) is 1. The molecule has 72 valence electrons. The Hall–Kier alpha value is -0.120. The molecule has 3 N–H and O–H groups in total. The molecule has 0 aromatic heterocycles. The minimum absolute atomic E-state index is 0.390. The van der Waals surface area contributed by atoms with Gasteiger partial charge in [-0.15, -0.1) is 0 Å². The Balaban J connectivity index is 2.23. The van der Waals surface area contributed by atoms with Gasteiger partial charge in [0.1, 0.15) is 0 Å². The van der Waals surface area contributed by atoms with Crippen LogP contribution in [0.15, 0.2) is 0 Å². The molecule has 0 bridgehead atoms. The standard InChI is InChI=1S/C9H19NO2/c1-12-6-2-5-9(11,7-10)8-3-4-8/h8,11H,2-7,10H2,1H3. The van der Waals surface area contributed by atoms with Gasteiger partial charge in [0.05, 0.1) is 5.60 Å². The summed E-state index contributed by atoms with van der Waals surface area (Å²) in [6, 6.07) is 0. The van der Waals surface area contributed by atoms with Gasteiger partial charge in [0.15, 0.2) is 0 Å². The first kappa shape index (κ1) is 9.96. The van der Waals surface area contributed by atoms with Gasteiger partial charge in [0, 0.05) is 20.3 Å². The van der Waals surface area contributed by atoms with E-state index in [0.717, 1.165) is 32.3 Å². The molecule has 1 rings (SSSR count). The van der Waals surface area contributed by atoms with Crippen LogP contribution >= 0.6 is 0 Å². The number of aliphatic hydroxyl groups is 1. The number of methoxy groups -OCH3 is 1. The van der Waals surface area contributed by atoms with E-state index in [1.165, 1.54) is 0 Å². The number of hydrogen-bond acceptors (Lipinski definition) is 3. The summed E-state index contributed by atoms with van der Waals surface area (Å²) in [6.45, 7) is 1.11. The highest BCUT2D eigenvalue weighted by Gasteiger charge is 2.41. The van der Waals surface area contributed by atoms with Gasteiger partial charge >= 0.3 is 0 Å². The minimum Gasteiger partial charge on any atom is -0.388 e. The van der Waals surface area contributed by atoms with Gasteiger partial charge in [-0.05, 0) is 31.6 Å². The maximum atomic E-state index is 10.0. The molecule has 0 aromatic carbocycles. The van der Waals surface area contributed by atoms with Crippen LogP contribution in [0.2, 0.25) is 0 Å². The van der Waals surface area contributed by atoms with Crippen molar-refractivity contribution in [1.82, 2.24) is 0 Å². The van der Waals surface area contributed by atoms with E-state index >= 15 is 0 Å². The van der Waals surface area contributed by atoms with Gasteiger partial charge in [0.2, 0.25) is 0 Å². The second-order valence-corrected chi connectivity index (χ2v) is 3.68. The second kappa shape index (κ2) is 4.21. The third-order valence-corrected chi connectivity index (χ3v) is 2.65. The minimum atomic E-state index is -0.599. The molecule has 12 heavy (non-hydrogen) atoms. The molecular formula is C9H19NO2. The summed E-state index contributed by atoms with van der Waals surface area (Å²) in [5.41, 5.74) is 4.94. The van der Waals surface area contributed by atoms with Crippen molar-refractivity contribution < 1.29 is 9.84 Å². The van der Waals surface area contributed by atoms with Crippen molar-refractivity contribution in [2.24, 2.45) is 11.7 Å². The Kier molecular flexibility index (Phi) is 3.50. The maximum Gasteiger partial charge on any atom is 0.0798 e. The van der Waals surface area contributed by atoms with Crippen LogP contribution in [-0.4, -0.2) is 31.0 Å². The lowest BCUT2D eigenvalue weighted by Gasteiger charge is -2.26. The average Bonchev–Trinajstić information content (AvgIpc) is 2.87. The molecule has 0 saturated heterocycles. The van der Waals surface area contributed by atoms with E-state index in [0.29, 0.717) is 12.5 Å². The molecule has 1 saturated carbocycles. The van der Waals surface area contributed by atoms with E-state index in [1.54, 1.807) is 7.11 Å². The molecule has 1 atom stereocenters. The van der Waals surface area contributed by atoms with Crippen LogP contribution in [0.1, 0.15) is 25.7 Å². The topological polar surface area (TPSA) is 55.5 Å². The van der Waals surface area contributed by atoms with Crippen molar-refractivity contribution in [3.8, 4) is 0 Å². The molecule has 0 heterocycles. The predicted octanol–water partition coefficient (Wildman–Crippen LogP) is 0.513. The van der Waals surface area contributed by atoms with Gasteiger partial charge in [-0.25, -0.2) is 0 Å². The van der Waals surface area contributed by atoms with Crippen LogP contribution in [-0.2, 0) is 4.74 Å². The predicted molar refractivity (Wildman–Crippen MR) is 47.8 cm³/mol. The molecule has 0 amide bonds. The first-order valence-corrected chi connectivity index (χ1v) is 4.64. The summed E-state index contributed by atoms with van der Waals surface area (Å²) in [4.78, 5) is 0. The summed E-state index contributed by atoms with van der Waals surface area (Å²) < 4.78 is 4.93. The Labute approximate surface area is 73.9 Å². The van der Waals surface area contributed by atoms with Gasteiger partial charge in [-0.1, -0.05) is 0 Å². The molecule has 0 radical (unpaired) electrons. The molecule has 1 unspecified atom stereocenters. The van der Waals surface area contributed by atoms with E-state index in [2.05, 4.69) is 0 Å². The maximum absolute atomic E-state index is 10.0. The lowest BCUT2D eigenvalue weighted by molar-refractivity contribution is 0.00992. The fraction of sp³-hybridized carbons (Fsp3) is 1.00. The van der Waals surface area contributed by atoms with Gasteiger partial charge in [0.25, 0.3) is 0 Å². The van der Waals surface area contributed by atoms with Crippen molar-refractivity contribution in [2.75, 3.05) is 20.3 Å². The van der Waals surface area contributed by atoms with Gasteiger partial charge in [-0.2, -0.15) is 0 Å². The molecule has 3 nitrogen and oxygen atoms in total. The van der Waals surface area contributed by atoms with E-state index in [4.69, 9.17) is 10.5 Å². The first-order chi connectivity index (χ1) is 5.73. The quantitative estimate of drug-likeness (QED) is 0.575. The second-order valence-electron chi connectivity index (χ2n) is 3.68. The lowest BCUT2D eigenvalue weighted by atomic mass is 9.92. The molecule has 1 fully saturated rings. The molecule has 0 aromatic rings. The van der Waals surface area contributed by atoms with Crippen molar-refractivity contribution in [3.05, 3.63) is 0 Å². The summed E-state index contributed by atoms with van der Waals surface area (Å²) in [5, 5.41) is 10.0. The van der Waals surface area contributed by atoms with Gasteiger partial charge < -0.3 is 15.6 Å². The van der Waals surface area contributed by atoms with Crippen molar-refractivity contribution >= 4 is 0 Å². The monoisotopic (exact) mass is 173 g/mol. The third kappa shape index (κ3) is 2.44. The number of hydrogen-bond donors (Lipinski definition) is 2. The zero-order valence-electron chi connectivity index (χ0n) is 7.75. The summed E-state index contributed by atoms with van der Waals surface area (Å²) in [5.74, 6) is 0.458. The first-order valence-electron chi connectivity index (χ1n) is 4.64. The highest BCUT2D eigenvalue weighted by atomic mass is 16.5. The van der Waals surface area contributed by atoms with Crippen LogP contribution in [0.4, 0.5) is 0 Å². The van der Waals surface area contributed by atoms with Crippen LogP contribution in [0.25, 0.3) is 0 Å². The molecule has 3 heteroatoms. The SMILES string of the molecule is COCCCC(O)(CN)C1CC1. The van der Waals surface area contributed by atoms with Crippen LogP contribution in [0.5, 0.6) is 0 Å². The Bertz CT molecular complexity index is 136. The van der Waals surface area contributed by atoms with E-state index < -0.39 is 5.60 Å². The molecule has 0 spiro atoms. The van der Waals surface area contributed by atoms with E-state index in [9.17, 15) is 5.11 Å². The fourth-order valence-electron chi connectivity index (χ4n) is 1.62. The zero-order valence-corrected chi connectivity index (χ0v) is 7.75. The van der Waals surface area contributed by atoms with Crippen LogP contribution in [0, 0.1) is 5.92 Å². The smallest absolute Gasteiger partial charge is 0.0798 e. The highest BCUT2D eigenvalue weighted by molar-refractivity contribution is 4.95. The summed E-state index contributed by atoms with van der Waals surface area (Å²) in [6.07, 6.45) is 3.96. The molecular weight excluding hydrogens is 154 g/mol. The average molecular weight is 173 g/mol. The number of nitrogens with two attached hydrogens (primary N) is 1. The largest absolute Gasteiger partial charge is 0.388 e. The highest BCUT2D eigenvalue weighted by Crippen LogP contribution is 2.41. The molecule has 1 aliphatic carbocycles. The van der Waals surface area contributed by atoms with Crippen molar-refractivity contribution in [3.63, 3.8) is 0 Å². The van der Waals surface area contributed by atoms with Crippen LogP contribution in [0.3, 0.4) is 0 Å². The third-order valence-electron chi connectivity index (χ3n) is 2.65. The summed E-state index contributed by atoms with van der Waals surface area (Å²) >= 11 is 0. The Morgan fingerprint density at radius 2 is 2.25 bits per heavy atom. The van der Waals surface area contributed by atoms with Crippen LogP contribution < -0.4 is 5.73 Å². The lowest BCUT2D eigenvalue weighted by Crippen LogP contribution is -2.40. The molecule has 0 aliphatic heterocycles. The molecule has 1 aliphatic rings. The normalized spacial score (nSPS) is 22.2. The summed E-state index contributed by atoms with van der Waals surface area (Å²) in [7, 11) is 1.68. The van der Waals surface area contributed by atoms with E-state index in [-0.39, 0.29) is 0 Å². The Morgan fingerprint density at radius 1 is 1.58 bits per heavy atom. The zero-order chi connectivity index (χ0) is 9.03. The number of rotatable bonds is 6. The Morgan fingerprint density at radius 3 is 2.67 bits per heavy atom. The van der Waals surface area contributed by atoms with E-state index in [1.807, 2.05) is 0 Å². The van der Waals surface area contributed by atoms with Gasteiger partial charge in [-0.3, -0.25) is 0 Å². The van der Waals surface area contributed by atoms with Crippen molar-refractivity contribution in [2.45, 2.75) is 31.3 Å².